The standard InChI is InChI=1S/C12H11Cl2N3O2/c1-3-9(18)6(2)12-16-11(17-19-12)10-8(14)4-7(13)5-15-10/h4-6H,3H2,1-2H3. The molecule has 0 aliphatic rings. The van der Waals surface area contributed by atoms with Crippen molar-refractivity contribution in [1.29, 1.82) is 0 Å². The summed E-state index contributed by atoms with van der Waals surface area (Å²) in [5, 5.41) is 4.54. The van der Waals surface area contributed by atoms with E-state index in [-0.39, 0.29) is 17.5 Å². The third-order valence-electron chi connectivity index (χ3n) is 2.66. The van der Waals surface area contributed by atoms with Gasteiger partial charge in [0.1, 0.15) is 11.5 Å². The average molecular weight is 300 g/mol. The second kappa shape index (κ2) is 5.67. The van der Waals surface area contributed by atoms with E-state index in [1.807, 2.05) is 0 Å². The molecule has 0 spiro atoms. The van der Waals surface area contributed by atoms with Crippen LogP contribution in [0.3, 0.4) is 0 Å². The first-order chi connectivity index (χ1) is 9.02. The highest BCUT2D eigenvalue weighted by Crippen LogP contribution is 2.27. The van der Waals surface area contributed by atoms with Crippen LogP contribution in [0.5, 0.6) is 0 Å². The van der Waals surface area contributed by atoms with Crippen LogP contribution in [0.15, 0.2) is 16.8 Å². The smallest absolute Gasteiger partial charge is 0.237 e. The van der Waals surface area contributed by atoms with Gasteiger partial charge in [-0.3, -0.25) is 4.79 Å². The lowest BCUT2D eigenvalue weighted by Gasteiger charge is -2.01. The fourth-order valence-electron chi connectivity index (χ4n) is 1.53. The molecule has 7 heteroatoms. The molecule has 0 saturated heterocycles. The minimum absolute atomic E-state index is 0.0327. The van der Waals surface area contributed by atoms with E-state index in [0.29, 0.717) is 22.2 Å². The van der Waals surface area contributed by atoms with Gasteiger partial charge >= 0.3 is 0 Å². The Balaban J connectivity index is 2.33. The SMILES string of the molecule is CCC(=O)C(C)c1nc(-c2ncc(Cl)cc2Cl)no1. The zero-order valence-corrected chi connectivity index (χ0v) is 11.9. The minimum Gasteiger partial charge on any atom is -0.338 e. The van der Waals surface area contributed by atoms with E-state index in [1.165, 1.54) is 6.20 Å². The number of rotatable bonds is 4. The van der Waals surface area contributed by atoms with Gasteiger partial charge in [-0.15, -0.1) is 0 Å². The van der Waals surface area contributed by atoms with E-state index in [1.54, 1.807) is 19.9 Å². The van der Waals surface area contributed by atoms with Crippen LogP contribution < -0.4 is 0 Å². The Hall–Kier alpha value is -1.46. The molecule has 0 radical (unpaired) electrons. The van der Waals surface area contributed by atoms with Crippen molar-refractivity contribution in [2.24, 2.45) is 0 Å². The highest BCUT2D eigenvalue weighted by Gasteiger charge is 2.22. The quantitative estimate of drug-likeness (QED) is 0.864. The van der Waals surface area contributed by atoms with Gasteiger partial charge in [-0.2, -0.15) is 4.98 Å². The van der Waals surface area contributed by atoms with Gasteiger partial charge in [0.05, 0.1) is 16.0 Å². The van der Waals surface area contributed by atoms with Crippen LogP contribution in [-0.2, 0) is 4.79 Å². The summed E-state index contributed by atoms with van der Waals surface area (Å²) in [4.78, 5) is 19.8. The van der Waals surface area contributed by atoms with E-state index >= 15 is 0 Å². The molecule has 100 valence electrons. The van der Waals surface area contributed by atoms with Gasteiger partial charge in [-0.25, -0.2) is 4.98 Å². The van der Waals surface area contributed by atoms with Crippen LogP contribution >= 0.6 is 23.2 Å². The molecule has 1 unspecified atom stereocenters. The van der Waals surface area contributed by atoms with E-state index in [2.05, 4.69) is 15.1 Å². The number of pyridine rings is 1. The predicted molar refractivity (Wildman–Crippen MR) is 71.3 cm³/mol. The third-order valence-corrected chi connectivity index (χ3v) is 3.16. The molecule has 2 rings (SSSR count). The number of nitrogens with zero attached hydrogens (tertiary/aromatic N) is 3. The molecule has 0 fully saturated rings. The molecule has 0 N–H and O–H groups in total. The van der Waals surface area contributed by atoms with Gasteiger partial charge in [-0.05, 0) is 13.0 Å². The highest BCUT2D eigenvalue weighted by atomic mass is 35.5. The van der Waals surface area contributed by atoms with Gasteiger partial charge < -0.3 is 4.52 Å². The monoisotopic (exact) mass is 299 g/mol. The van der Waals surface area contributed by atoms with E-state index in [9.17, 15) is 4.79 Å². The molecule has 0 saturated carbocycles. The summed E-state index contributed by atoms with van der Waals surface area (Å²) in [6, 6.07) is 1.54. The fourth-order valence-corrected chi connectivity index (χ4v) is 1.99. The first kappa shape index (κ1) is 14.0. The van der Waals surface area contributed by atoms with Crippen molar-refractivity contribution >= 4 is 29.0 Å². The molecule has 2 heterocycles. The molecule has 0 aliphatic carbocycles. The van der Waals surface area contributed by atoms with Gasteiger partial charge in [0.25, 0.3) is 0 Å². The van der Waals surface area contributed by atoms with Crippen molar-refractivity contribution in [3.63, 3.8) is 0 Å². The van der Waals surface area contributed by atoms with Crippen molar-refractivity contribution < 1.29 is 9.32 Å². The summed E-state index contributed by atoms with van der Waals surface area (Å²) in [6.07, 6.45) is 1.86. The molecule has 2 aromatic heterocycles. The average Bonchev–Trinajstić information content (AvgIpc) is 2.86. The topological polar surface area (TPSA) is 68.9 Å². The lowest BCUT2D eigenvalue weighted by molar-refractivity contribution is -0.120. The molecule has 2 aromatic rings. The van der Waals surface area contributed by atoms with Crippen LogP contribution in [0.1, 0.15) is 32.1 Å². The van der Waals surface area contributed by atoms with Crippen molar-refractivity contribution in [2.45, 2.75) is 26.2 Å². The largest absolute Gasteiger partial charge is 0.338 e. The summed E-state index contributed by atoms with van der Waals surface area (Å²) < 4.78 is 5.08. The lowest BCUT2D eigenvalue weighted by atomic mass is 10.1. The third kappa shape index (κ3) is 2.93. The van der Waals surface area contributed by atoms with Gasteiger partial charge in [0.2, 0.25) is 11.7 Å². The maximum atomic E-state index is 11.6. The summed E-state index contributed by atoms with van der Waals surface area (Å²) in [5.41, 5.74) is 0.372. The number of hydrogen-bond donors (Lipinski definition) is 0. The number of carbonyl (C=O) groups is 1. The lowest BCUT2D eigenvalue weighted by Crippen LogP contribution is -2.07. The molecule has 0 aliphatic heterocycles. The molecule has 0 aromatic carbocycles. The summed E-state index contributed by atoms with van der Waals surface area (Å²) in [5.74, 6) is 0.102. The summed E-state index contributed by atoms with van der Waals surface area (Å²) >= 11 is 11.8. The predicted octanol–water partition coefficient (Wildman–Crippen LogP) is 3.52. The van der Waals surface area contributed by atoms with Gasteiger partial charge in [0, 0.05) is 12.6 Å². The van der Waals surface area contributed by atoms with Crippen LogP contribution in [0.2, 0.25) is 10.0 Å². The number of halogens is 2. The Labute approximate surface area is 119 Å². The number of aromatic nitrogens is 3. The molecular weight excluding hydrogens is 289 g/mol. The fraction of sp³-hybridized carbons (Fsp3) is 0.333. The van der Waals surface area contributed by atoms with Crippen LogP contribution in [-0.4, -0.2) is 20.9 Å². The molecule has 0 bridgehead atoms. The van der Waals surface area contributed by atoms with Crippen LogP contribution in [0.4, 0.5) is 0 Å². The molecule has 5 nitrogen and oxygen atoms in total. The van der Waals surface area contributed by atoms with Crippen LogP contribution in [0.25, 0.3) is 11.5 Å². The first-order valence-electron chi connectivity index (χ1n) is 5.70. The first-order valence-corrected chi connectivity index (χ1v) is 6.46. The molecular formula is C12H11Cl2N3O2. The second-order valence-corrected chi connectivity index (χ2v) is 4.83. The number of carbonyl (C=O) groups excluding carboxylic acids is 1. The van der Waals surface area contributed by atoms with Crippen molar-refractivity contribution in [2.75, 3.05) is 0 Å². The summed E-state index contributed by atoms with van der Waals surface area (Å²) in [7, 11) is 0. The zero-order chi connectivity index (χ0) is 14.0. The van der Waals surface area contributed by atoms with Crippen LogP contribution in [0, 0.1) is 0 Å². The number of Topliss-reactive ketones (excluding diaryl/α,β-unsaturated/α-hetero) is 1. The Morgan fingerprint density at radius 3 is 2.84 bits per heavy atom. The van der Waals surface area contributed by atoms with Crippen molar-refractivity contribution in [1.82, 2.24) is 15.1 Å². The molecule has 0 amide bonds. The Morgan fingerprint density at radius 1 is 1.47 bits per heavy atom. The molecule has 1 atom stereocenters. The number of ketones is 1. The molecule has 19 heavy (non-hydrogen) atoms. The van der Waals surface area contributed by atoms with Gasteiger partial charge in [-0.1, -0.05) is 35.3 Å². The second-order valence-electron chi connectivity index (χ2n) is 3.98. The Morgan fingerprint density at radius 2 is 2.21 bits per heavy atom. The zero-order valence-electron chi connectivity index (χ0n) is 10.4. The van der Waals surface area contributed by atoms with Crippen molar-refractivity contribution in [3.05, 3.63) is 28.2 Å². The Kier molecular flexibility index (Phi) is 4.17. The maximum absolute atomic E-state index is 11.6. The normalized spacial score (nSPS) is 12.4. The highest BCUT2D eigenvalue weighted by molar-refractivity contribution is 6.35. The maximum Gasteiger partial charge on any atom is 0.237 e. The summed E-state index contributed by atoms with van der Waals surface area (Å²) in [6.45, 7) is 3.51. The van der Waals surface area contributed by atoms with Crippen molar-refractivity contribution in [3.8, 4) is 11.5 Å². The van der Waals surface area contributed by atoms with Gasteiger partial charge in [0.15, 0.2) is 0 Å². The van der Waals surface area contributed by atoms with E-state index in [4.69, 9.17) is 27.7 Å². The Bertz CT molecular complexity index is 613. The number of hydrogen-bond acceptors (Lipinski definition) is 5. The van der Waals surface area contributed by atoms with E-state index < -0.39 is 5.92 Å². The van der Waals surface area contributed by atoms with E-state index in [0.717, 1.165) is 0 Å². The minimum atomic E-state index is -0.433.